The quantitative estimate of drug-likeness (QED) is 0.414. The van der Waals surface area contributed by atoms with Crippen molar-refractivity contribution in [2.75, 3.05) is 33.3 Å². The molecule has 4 heterocycles. The number of hydrogen-bond donors (Lipinski definition) is 1. The van der Waals surface area contributed by atoms with Gasteiger partial charge in [0.25, 0.3) is 11.5 Å². The van der Waals surface area contributed by atoms with Gasteiger partial charge in [-0.05, 0) is 59.7 Å². The van der Waals surface area contributed by atoms with Gasteiger partial charge in [-0.3, -0.25) is 14.5 Å². The Hall–Kier alpha value is -3.99. The number of piperazine rings is 1. The smallest absolute Gasteiger partial charge is 0.289 e. The van der Waals surface area contributed by atoms with Crippen LogP contribution >= 0.6 is 0 Å². The van der Waals surface area contributed by atoms with Crippen LogP contribution in [0.15, 0.2) is 51.9 Å². The molecule has 1 aliphatic heterocycles. The first-order valence-electron chi connectivity index (χ1n) is 13.2. The van der Waals surface area contributed by atoms with Crippen molar-refractivity contribution in [3.05, 3.63) is 70.2 Å². The average molecular weight is 518 g/mol. The molecule has 1 saturated carbocycles. The molecule has 3 aromatic heterocycles. The second kappa shape index (κ2) is 10.4. The Kier molecular flexibility index (Phi) is 6.67. The second-order valence-corrected chi connectivity index (χ2v) is 9.99. The Balaban J connectivity index is 1.38. The first kappa shape index (κ1) is 24.4. The zero-order chi connectivity index (χ0) is 26.1. The van der Waals surface area contributed by atoms with Crippen molar-refractivity contribution in [2.45, 2.75) is 44.2 Å². The van der Waals surface area contributed by atoms with Crippen LogP contribution in [0, 0.1) is 0 Å². The molecule has 11 nitrogen and oxygen atoms in total. The summed E-state index contributed by atoms with van der Waals surface area (Å²) in [4.78, 5) is 33.4. The molecule has 1 aliphatic carbocycles. The Morgan fingerprint density at radius 2 is 1.92 bits per heavy atom. The number of aromatic amines is 1. The second-order valence-electron chi connectivity index (χ2n) is 9.99. The molecule has 1 amide bonds. The van der Waals surface area contributed by atoms with E-state index in [1.54, 1.807) is 24.1 Å². The average Bonchev–Trinajstić information content (AvgIpc) is 3.67. The fourth-order valence-electron chi connectivity index (χ4n) is 5.74. The van der Waals surface area contributed by atoms with E-state index >= 15 is 0 Å². The molecule has 1 aromatic carbocycles. The van der Waals surface area contributed by atoms with Crippen molar-refractivity contribution in [1.82, 2.24) is 35.0 Å². The number of benzene rings is 1. The van der Waals surface area contributed by atoms with Gasteiger partial charge >= 0.3 is 0 Å². The molecule has 1 N–H and O–H groups in total. The third-order valence-corrected chi connectivity index (χ3v) is 7.76. The number of tetrazole rings is 1. The highest BCUT2D eigenvalue weighted by Crippen LogP contribution is 2.33. The molecule has 2 fully saturated rings. The minimum absolute atomic E-state index is 0.131. The molecular weight excluding hydrogens is 486 g/mol. The number of hydrogen-bond acceptors (Lipinski definition) is 8. The van der Waals surface area contributed by atoms with E-state index < -0.39 is 6.04 Å². The first-order valence-corrected chi connectivity index (χ1v) is 13.2. The van der Waals surface area contributed by atoms with E-state index in [1.165, 1.54) is 12.7 Å². The largest absolute Gasteiger partial charge is 0.497 e. The number of methoxy groups -OCH3 is 1. The summed E-state index contributed by atoms with van der Waals surface area (Å²) in [5.41, 5.74) is 1.13. The molecule has 1 saturated heterocycles. The lowest BCUT2D eigenvalue weighted by Gasteiger charge is -2.38. The summed E-state index contributed by atoms with van der Waals surface area (Å²) in [6.07, 6.45) is 7.03. The van der Waals surface area contributed by atoms with Gasteiger partial charge in [-0.25, -0.2) is 4.68 Å². The van der Waals surface area contributed by atoms with Gasteiger partial charge in [0.15, 0.2) is 11.6 Å². The number of carbonyl (C=O) groups is 1. The summed E-state index contributed by atoms with van der Waals surface area (Å²) >= 11 is 0. The fraction of sp³-hybridized carbons (Fsp3) is 0.444. The number of fused-ring (bicyclic) bond motifs is 1. The first-order chi connectivity index (χ1) is 18.6. The maximum Gasteiger partial charge on any atom is 0.289 e. The zero-order valence-electron chi connectivity index (χ0n) is 21.4. The van der Waals surface area contributed by atoms with Crippen LogP contribution in [0.1, 0.15) is 66.1 Å². The van der Waals surface area contributed by atoms with Crippen LogP contribution in [0.4, 0.5) is 0 Å². The highest BCUT2D eigenvalue weighted by atomic mass is 16.5. The Morgan fingerprint density at radius 1 is 1.11 bits per heavy atom. The summed E-state index contributed by atoms with van der Waals surface area (Å²) in [6.45, 7) is 2.12. The van der Waals surface area contributed by atoms with Crippen molar-refractivity contribution < 1.29 is 13.9 Å². The van der Waals surface area contributed by atoms with Gasteiger partial charge in [0.05, 0.1) is 19.4 Å². The molecule has 1 unspecified atom stereocenters. The van der Waals surface area contributed by atoms with Crippen molar-refractivity contribution >= 4 is 16.8 Å². The summed E-state index contributed by atoms with van der Waals surface area (Å²) in [6, 6.07) is 10.6. The molecule has 0 radical (unpaired) electrons. The molecule has 1 atom stereocenters. The molecule has 0 bridgehead atoms. The van der Waals surface area contributed by atoms with Crippen molar-refractivity contribution in [3.8, 4) is 5.75 Å². The lowest BCUT2D eigenvalue weighted by atomic mass is 9.95. The number of ether oxygens (including phenoxy) is 1. The minimum atomic E-state index is -0.466. The summed E-state index contributed by atoms with van der Waals surface area (Å²) in [7, 11) is 1.62. The van der Waals surface area contributed by atoms with Crippen LogP contribution in [0.5, 0.6) is 5.75 Å². The Labute approximate surface area is 219 Å². The molecule has 11 heteroatoms. The van der Waals surface area contributed by atoms with Crippen LogP contribution in [0.2, 0.25) is 0 Å². The monoisotopic (exact) mass is 517 g/mol. The lowest BCUT2D eigenvalue weighted by molar-refractivity contribution is 0.0556. The van der Waals surface area contributed by atoms with Gasteiger partial charge in [-0.15, -0.1) is 5.10 Å². The van der Waals surface area contributed by atoms with E-state index in [2.05, 4.69) is 25.4 Å². The van der Waals surface area contributed by atoms with Gasteiger partial charge < -0.3 is 19.0 Å². The number of carbonyl (C=O) groups excluding carboxylic acids is 1. The summed E-state index contributed by atoms with van der Waals surface area (Å²) < 4.78 is 12.7. The number of amides is 1. The molecule has 4 aromatic rings. The number of furan rings is 1. The summed E-state index contributed by atoms with van der Waals surface area (Å²) in [5, 5.41) is 13.8. The molecular formula is C27H31N7O4. The molecule has 0 spiro atoms. The number of pyridine rings is 1. The van der Waals surface area contributed by atoms with Gasteiger partial charge in [-0.2, -0.15) is 0 Å². The molecule has 38 heavy (non-hydrogen) atoms. The van der Waals surface area contributed by atoms with Gasteiger partial charge in [0.2, 0.25) is 0 Å². The van der Waals surface area contributed by atoms with Gasteiger partial charge in [0, 0.05) is 42.6 Å². The van der Waals surface area contributed by atoms with E-state index in [9.17, 15) is 9.59 Å². The molecule has 198 valence electrons. The zero-order valence-corrected chi connectivity index (χ0v) is 21.4. The van der Waals surface area contributed by atoms with Crippen LogP contribution in [0.25, 0.3) is 10.9 Å². The Morgan fingerprint density at radius 3 is 2.66 bits per heavy atom. The highest BCUT2D eigenvalue weighted by Gasteiger charge is 2.35. The van der Waals surface area contributed by atoms with Crippen LogP contribution < -0.4 is 10.3 Å². The number of aromatic nitrogens is 5. The third-order valence-electron chi connectivity index (χ3n) is 7.76. The third kappa shape index (κ3) is 4.58. The normalized spacial score (nSPS) is 18.1. The number of nitrogens with one attached hydrogen (secondary N) is 1. The van der Waals surface area contributed by atoms with Crippen molar-refractivity contribution in [3.63, 3.8) is 0 Å². The van der Waals surface area contributed by atoms with Crippen molar-refractivity contribution in [2.24, 2.45) is 0 Å². The summed E-state index contributed by atoms with van der Waals surface area (Å²) in [5.74, 6) is 1.57. The van der Waals surface area contributed by atoms with E-state index in [1.807, 2.05) is 28.9 Å². The standard InChI is InChI=1S/C27H31N7O4/c1-37-20-9-10-22-18(16-20)17-21(26(35)28-22)24(25-29-30-31-34(25)19-6-3-2-4-7-19)32-11-13-33(14-12-32)27(36)23-8-5-15-38-23/h5,8-10,15-17,19,24H,2-4,6-7,11-14H2,1H3,(H,28,35). The van der Waals surface area contributed by atoms with Crippen LogP contribution in [0.3, 0.4) is 0 Å². The van der Waals surface area contributed by atoms with Gasteiger partial charge in [0.1, 0.15) is 11.8 Å². The molecule has 2 aliphatic rings. The minimum Gasteiger partial charge on any atom is -0.497 e. The maximum atomic E-state index is 13.5. The number of rotatable bonds is 6. The topological polar surface area (TPSA) is 122 Å². The lowest BCUT2D eigenvalue weighted by Crippen LogP contribution is -2.51. The Bertz CT molecular complexity index is 1460. The predicted molar refractivity (Wildman–Crippen MR) is 139 cm³/mol. The predicted octanol–water partition coefficient (Wildman–Crippen LogP) is 3.17. The van der Waals surface area contributed by atoms with Gasteiger partial charge in [-0.1, -0.05) is 19.3 Å². The van der Waals surface area contributed by atoms with E-state index in [-0.39, 0.29) is 17.5 Å². The highest BCUT2D eigenvalue weighted by molar-refractivity contribution is 5.91. The number of nitrogens with zero attached hydrogens (tertiary/aromatic N) is 6. The van der Waals surface area contributed by atoms with E-state index in [0.717, 1.165) is 36.6 Å². The maximum absolute atomic E-state index is 13.5. The van der Waals surface area contributed by atoms with E-state index in [4.69, 9.17) is 9.15 Å². The molecule has 6 rings (SSSR count). The fourth-order valence-corrected chi connectivity index (χ4v) is 5.74. The number of H-pyrrole nitrogens is 1. The van der Waals surface area contributed by atoms with Crippen LogP contribution in [-0.4, -0.2) is 74.2 Å². The SMILES string of the molecule is COc1ccc2[nH]c(=O)c(C(c3nnnn3C3CCCCC3)N3CCN(C(=O)c4ccco4)CC3)cc2c1. The van der Waals surface area contributed by atoms with E-state index in [0.29, 0.717) is 49.1 Å². The van der Waals surface area contributed by atoms with Crippen molar-refractivity contribution in [1.29, 1.82) is 0 Å². The van der Waals surface area contributed by atoms with Crippen LogP contribution in [-0.2, 0) is 0 Å².